The van der Waals surface area contributed by atoms with Crippen molar-refractivity contribution < 1.29 is 9.84 Å². The van der Waals surface area contributed by atoms with Crippen LogP contribution in [-0.2, 0) is 0 Å². The maximum atomic E-state index is 9.44. The van der Waals surface area contributed by atoms with Crippen molar-refractivity contribution in [3.05, 3.63) is 18.3 Å². The molecule has 0 radical (unpaired) electrons. The number of hydrogen-bond donors (Lipinski definition) is 2. The summed E-state index contributed by atoms with van der Waals surface area (Å²) in [5.41, 5.74) is 0. The zero-order valence-electron chi connectivity index (χ0n) is 9.06. The molecule has 1 atom stereocenters. The molecule has 1 aromatic rings. The fraction of sp³-hybridized carbons (Fsp3) is 0.545. The van der Waals surface area contributed by atoms with Crippen LogP contribution in [0.5, 0.6) is 11.6 Å². The van der Waals surface area contributed by atoms with Gasteiger partial charge in [0, 0.05) is 18.7 Å². The van der Waals surface area contributed by atoms with Gasteiger partial charge >= 0.3 is 0 Å². The minimum absolute atomic E-state index is 0. The predicted octanol–water partition coefficient (Wildman–Crippen LogP) is 1.59. The summed E-state index contributed by atoms with van der Waals surface area (Å²) in [4.78, 5) is 3.97. The molecule has 1 fully saturated rings. The summed E-state index contributed by atoms with van der Waals surface area (Å²) in [6.45, 7) is 2.72. The smallest absolute Gasteiger partial charge is 0.256 e. The van der Waals surface area contributed by atoms with Crippen LogP contribution in [0, 0.1) is 5.92 Å². The number of ether oxygens (including phenoxy) is 1. The van der Waals surface area contributed by atoms with Crippen LogP contribution in [0.1, 0.15) is 12.8 Å². The van der Waals surface area contributed by atoms with E-state index in [4.69, 9.17) is 4.74 Å². The van der Waals surface area contributed by atoms with Crippen molar-refractivity contribution in [2.24, 2.45) is 5.92 Å². The maximum absolute atomic E-state index is 9.44. The van der Waals surface area contributed by atoms with Crippen LogP contribution in [0.15, 0.2) is 18.3 Å². The van der Waals surface area contributed by atoms with Crippen LogP contribution >= 0.6 is 12.4 Å². The Balaban J connectivity index is 0.00000128. The fourth-order valence-corrected chi connectivity index (χ4v) is 1.76. The summed E-state index contributed by atoms with van der Waals surface area (Å²) in [5, 5.41) is 12.8. The Labute approximate surface area is 101 Å². The van der Waals surface area contributed by atoms with Crippen LogP contribution in [0.2, 0.25) is 0 Å². The lowest BCUT2D eigenvalue weighted by molar-refractivity contribution is 0.205. The number of pyridine rings is 1. The SMILES string of the molecule is Cl.Oc1cccnc1OCC1CCCNC1. The number of aromatic nitrogens is 1. The summed E-state index contributed by atoms with van der Waals surface area (Å²) in [6, 6.07) is 3.27. The quantitative estimate of drug-likeness (QED) is 0.848. The summed E-state index contributed by atoms with van der Waals surface area (Å²) in [7, 11) is 0. The molecule has 0 saturated carbocycles. The summed E-state index contributed by atoms with van der Waals surface area (Å²) in [6.07, 6.45) is 4.00. The Hall–Kier alpha value is -1.00. The lowest BCUT2D eigenvalue weighted by Gasteiger charge is -2.22. The molecule has 1 aliphatic heterocycles. The van der Waals surface area contributed by atoms with Gasteiger partial charge in [-0.1, -0.05) is 0 Å². The van der Waals surface area contributed by atoms with E-state index in [1.165, 1.54) is 12.8 Å². The lowest BCUT2D eigenvalue weighted by atomic mass is 10.0. The standard InChI is InChI=1S/C11H16N2O2.ClH/c14-10-4-2-6-13-11(10)15-8-9-3-1-5-12-7-9;/h2,4,6,9,12,14H,1,3,5,7-8H2;1H. The van der Waals surface area contributed by atoms with Crippen molar-refractivity contribution in [2.45, 2.75) is 12.8 Å². The maximum Gasteiger partial charge on any atom is 0.256 e. The highest BCUT2D eigenvalue weighted by Gasteiger charge is 2.14. The van der Waals surface area contributed by atoms with Crippen LogP contribution in [0.3, 0.4) is 0 Å². The minimum Gasteiger partial charge on any atom is -0.503 e. The highest BCUT2D eigenvalue weighted by molar-refractivity contribution is 5.85. The van der Waals surface area contributed by atoms with Crippen LogP contribution in [-0.4, -0.2) is 29.8 Å². The second-order valence-corrected chi connectivity index (χ2v) is 3.85. The average molecular weight is 245 g/mol. The van der Waals surface area contributed by atoms with E-state index in [0.717, 1.165) is 13.1 Å². The Bertz CT molecular complexity index is 317. The molecule has 4 nitrogen and oxygen atoms in total. The summed E-state index contributed by atoms with van der Waals surface area (Å²) < 4.78 is 5.48. The number of nitrogens with zero attached hydrogens (tertiary/aromatic N) is 1. The molecule has 0 aromatic carbocycles. The van der Waals surface area contributed by atoms with Gasteiger partial charge in [-0.05, 0) is 31.5 Å². The third kappa shape index (κ3) is 3.54. The second-order valence-electron chi connectivity index (χ2n) is 3.85. The van der Waals surface area contributed by atoms with E-state index in [2.05, 4.69) is 10.3 Å². The Morgan fingerprint density at radius 3 is 3.12 bits per heavy atom. The third-order valence-corrected chi connectivity index (χ3v) is 2.61. The molecule has 1 saturated heterocycles. The van der Waals surface area contributed by atoms with Crippen LogP contribution in [0.25, 0.3) is 0 Å². The van der Waals surface area contributed by atoms with Gasteiger partial charge in [0.25, 0.3) is 5.88 Å². The summed E-state index contributed by atoms with van der Waals surface area (Å²) >= 11 is 0. The van der Waals surface area contributed by atoms with Crippen LogP contribution < -0.4 is 10.1 Å². The first kappa shape index (κ1) is 13.1. The topological polar surface area (TPSA) is 54.4 Å². The van der Waals surface area contributed by atoms with E-state index in [9.17, 15) is 5.11 Å². The van der Waals surface area contributed by atoms with E-state index in [1.54, 1.807) is 18.3 Å². The predicted molar refractivity (Wildman–Crippen MR) is 64.2 cm³/mol. The molecule has 0 bridgehead atoms. The molecule has 2 heterocycles. The number of hydrogen-bond acceptors (Lipinski definition) is 4. The lowest BCUT2D eigenvalue weighted by Crippen LogP contribution is -2.33. The first-order chi connectivity index (χ1) is 7.36. The van der Waals surface area contributed by atoms with Crippen molar-refractivity contribution in [1.82, 2.24) is 10.3 Å². The van der Waals surface area contributed by atoms with Gasteiger partial charge in [0.2, 0.25) is 0 Å². The third-order valence-electron chi connectivity index (χ3n) is 2.61. The molecular formula is C11H17ClN2O2. The average Bonchev–Trinajstić information content (AvgIpc) is 2.29. The van der Waals surface area contributed by atoms with E-state index in [-0.39, 0.29) is 18.2 Å². The van der Waals surface area contributed by atoms with Crippen LogP contribution in [0.4, 0.5) is 0 Å². The zero-order valence-corrected chi connectivity index (χ0v) is 9.87. The Morgan fingerprint density at radius 2 is 2.44 bits per heavy atom. The normalized spacial score (nSPS) is 19.9. The second kappa shape index (κ2) is 6.55. The number of nitrogens with one attached hydrogen (secondary N) is 1. The molecule has 1 aromatic heterocycles. The highest BCUT2D eigenvalue weighted by atomic mass is 35.5. The molecular weight excluding hydrogens is 228 g/mol. The Kier molecular flexibility index (Phi) is 5.35. The van der Waals surface area contributed by atoms with Gasteiger partial charge in [-0.3, -0.25) is 0 Å². The monoisotopic (exact) mass is 244 g/mol. The van der Waals surface area contributed by atoms with E-state index in [1.807, 2.05) is 0 Å². The number of piperidine rings is 1. The highest BCUT2D eigenvalue weighted by Crippen LogP contribution is 2.22. The van der Waals surface area contributed by atoms with Gasteiger partial charge in [0.15, 0.2) is 5.75 Å². The fourth-order valence-electron chi connectivity index (χ4n) is 1.76. The number of rotatable bonds is 3. The van der Waals surface area contributed by atoms with Gasteiger partial charge in [-0.15, -0.1) is 12.4 Å². The van der Waals surface area contributed by atoms with Crippen molar-refractivity contribution in [2.75, 3.05) is 19.7 Å². The number of aromatic hydroxyl groups is 1. The molecule has 1 aliphatic rings. The van der Waals surface area contributed by atoms with Crippen molar-refractivity contribution in [3.8, 4) is 11.6 Å². The largest absolute Gasteiger partial charge is 0.503 e. The van der Waals surface area contributed by atoms with Gasteiger partial charge < -0.3 is 15.2 Å². The molecule has 2 rings (SSSR count). The molecule has 1 unspecified atom stereocenters. The van der Waals surface area contributed by atoms with Gasteiger partial charge in [-0.25, -0.2) is 4.98 Å². The summed E-state index contributed by atoms with van der Waals surface area (Å²) in [5.74, 6) is 0.976. The van der Waals surface area contributed by atoms with E-state index < -0.39 is 0 Å². The van der Waals surface area contributed by atoms with Gasteiger partial charge in [0.1, 0.15) is 0 Å². The first-order valence-electron chi connectivity index (χ1n) is 5.34. The molecule has 2 N–H and O–H groups in total. The van der Waals surface area contributed by atoms with Crippen molar-refractivity contribution in [3.63, 3.8) is 0 Å². The minimum atomic E-state index is 0. The van der Waals surface area contributed by atoms with E-state index in [0.29, 0.717) is 18.4 Å². The molecule has 0 amide bonds. The van der Waals surface area contributed by atoms with Gasteiger partial charge in [-0.2, -0.15) is 0 Å². The van der Waals surface area contributed by atoms with Crippen molar-refractivity contribution in [1.29, 1.82) is 0 Å². The first-order valence-corrected chi connectivity index (χ1v) is 5.34. The van der Waals surface area contributed by atoms with Gasteiger partial charge in [0.05, 0.1) is 6.61 Å². The molecule has 5 heteroatoms. The molecule has 0 spiro atoms. The zero-order chi connectivity index (χ0) is 10.5. The molecule has 16 heavy (non-hydrogen) atoms. The molecule has 0 aliphatic carbocycles. The molecule has 90 valence electrons. The van der Waals surface area contributed by atoms with Crippen molar-refractivity contribution >= 4 is 12.4 Å². The Morgan fingerprint density at radius 1 is 1.56 bits per heavy atom. The number of halogens is 1. The van der Waals surface area contributed by atoms with E-state index >= 15 is 0 Å².